The van der Waals surface area contributed by atoms with Gasteiger partial charge in [-0.05, 0) is 29.8 Å². The average Bonchev–Trinajstić information content (AvgIpc) is 2.64. The van der Waals surface area contributed by atoms with Gasteiger partial charge in [0.1, 0.15) is 5.56 Å². The van der Waals surface area contributed by atoms with Gasteiger partial charge in [0.2, 0.25) is 5.88 Å². The van der Waals surface area contributed by atoms with Crippen LogP contribution >= 0.6 is 0 Å². The Balaban J connectivity index is 2.05. The van der Waals surface area contributed by atoms with Gasteiger partial charge in [-0.1, -0.05) is 6.07 Å². The predicted molar refractivity (Wildman–Crippen MR) is 89.6 cm³/mol. The molecule has 1 heterocycles. The van der Waals surface area contributed by atoms with E-state index in [2.05, 4.69) is 10.3 Å². The number of carbonyl (C=O) groups excluding carboxylic acids is 2. The zero-order valence-electron chi connectivity index (χ0n) is 13.9. The van der Waals surface area contributed by atoms with Crippen LogP contribution in [0, 0.1) is 0 Å². The summed E-state index contributed by atoms with van der Waals surface area (Å²) in [6.07, 6.45) is 1.55. The van der Waals surface area contributed by atoms with Crippen LogP contribution in [0.15, 0.2) is 36.5 Å². The third kappa shape index (κ3) is 4.84. The third-order valence-corrected chi connectivity index (χ3v) is 3.26. The number of amides is 2. The Bertz CT molecular complexity index is 764. The van der Waals surface area contributed by atoms with E-state index >= 15 is 0 Å². The number of hydrogen-bond acceptors (Lipinski definition) is 6. The number of pyridine rings is 1. The first-order chi connectivity index (χ1) is 12.0. The van der Waals surface area contributed by atoms with E-state index in [1.807, 2.05) is 0 Å². The zero-order chi connectivity index (χ0) is 18.2. The van der Waals surface area contributed by atoms with E-state index in [1.54, 1.807) is 36.5 Å². The molecule has 0 unspecified atom stereocenters. The summed E-state index contributed by atoms with van der Waals surface area (Å²) < 4.78 is 15.6. The minimum absolute atomic E-state index is 0.243. The molecule has 132 valence electrons. The van der Waals surface area contributed by atoms with E-state index in [0.717, 1.165) is 5.56 Å². The fraction of sp³-hybridized carbons (Fsp3) is 0.235. The Morgan fingerprint density at radius 3 is 2.64 bits per heavy atom. The Morgan fingerprint density at radius 1 is 1.16 bits per heavy atom. The Kier molecular flexibility index (Phi) is 6.16. The van der Waals surface area contributed by atoms with Crippen LogP contribution in [0.5, 0.6) is 17.4 Å². The first-order valence-electron chi connectivity index (χ1n) is 7.40. The molecule has 2 amide bonds. The smallest absolute Gasteiger partial charge is 0.257 e. The standard InChI is InChI=1S/C17H19N3O5/c1-23-14-8-11(5-6-13(14)25-10-15(18)21)9-20-16(22)12-4-3-7-19-17(12)24-2/h3-8H,9-10H2,1-2H3,(H2,18,21)(H,20,22). The van der Waals surface area contributed by atoms with Gasteiger partial charge in [0.05, 0.1) is 14.2 Å². The number of aromatic nitrogens is 1. The van der Waals surface area contributed by atoms with Crippen LogP contribution in [-0.2, 0) is 11.3 Å². The van der Waals surface area contributed by atoms with Crippen molar-refractivity contribution >= 4 is 11.8 Å². The molecule has 8 heteroatoms. The number of rotatable bonds is 8. The van der Waals surface area contributed by atoms with Crippen molar-refractivity contribution < 1.29 is 23.8 Å². The van der Waals surface area contributed by atoms with Gasteiger partial charge in [0.15, 0.2) is 18.1 Å². The first kappa shape index (κ1) is 18.1. The van der Waals surface area contributed by atoms with Crippen molar-refractivity contribution in [2.75, 3.05) is 20.8 Å². The Labute approximate surface area is 144 Å². The molecule has 0 saturated carbocycles. The molecule has 2 rings (SSSR count). The summed E-state index contributed by atoms with van der Waals surface area (Å²) in [6.45, 7) is 0.0244. The number of nitrogens with zero attached hydrogens (tertiary/aromatic N) is 1. The molecule has 0 aliphatic rings. The second-order valence-electron chi connectivity index (χ2n) is 4.98. The predicted octanol–water partition coefficient (Wildman–Crippen LogP) is 0.893. The van der Waals surface area contributed by atoms with E-state index in [0.29, 0.717) is 17.1 Å². The minimum Gasteiger partial charge on any atom is -0.493 e. The maximum atomic E-state index is 12.3. The second-order valence-corrected chi connectivity index (χ2v) is 4.98. The Morgan fingerprint density at radius 2 is 1.96 bits per heavy atom. The molecule has 0 aliphatic heterocycles. The summed E-state index contributed by atoms with van der Waals surface area (Å²) in [4.78, 5) is 27.0. The second kappa shape index (κ2) is 8.53. The molecule has 0 aliphatic carbocycles. The number of carbonyl (C=O) groups is 2. The van der Waals surface area contributed by atoms with Crippen LogP contribution in [-0.4, -0.2) is 37.6 Å². The number of benzene rings is 1. The Hall–Kier alpha value is -3.29. The van der Waals surface area contributed by atoms with E-state index in [1.165, 1.54) is 14.2 Å². The third-order valence-electron chi connectivity index (χ3n) is 3.26. The van der Waals surface area contributed by atoms with Crippen LogP contribution < -0.4 is 25.3 Å². The summed E-state index contributed by atoms with van der Waals surface area (Å²) in [7, 11) is 2.93. The number of nitrogens with two attached hydrogens (primary N) is 1. The van der Waals surface area contributed by atoms with Gasteiger partial charge < -0.3 is 25.3 Å². The van der Waals surface area contributed by atoms with Gasteiger partial charge >= 0.3 is 0 Å². The molecular weight excluding hydrogens is 326 g/mol. The van der Waals surface area contributed by atoms with Crippen molar-refractivity contribution in [2.24, 2.45) is 5.73 Å². The monoisotopic (exact) mass is 345 g/mol. The highest BCUT2D eigenvalue weighted by molar-refractivity contribution is 5.96. The molecule has 3 N–H and O–H groups in total. The van der Waals surface area contributed by atoms with Crippen LogP contribution in [0.4, 0.5) is 0 Å². The molecule has 25 heavy (non-hydrogen) atoms. The topological polar surface area (TPSA) is 113 Å². The summed E-state index contributed by atoms with van der Waals surface area (Å²) in [5.41, 5.74) is 6.19. The number of nitrogens with one attached hydrogen (secondary N) is 1. The zero-order valence-corrected chi connectivity index (χ0v) is 13.9. The highest BCUT2D eigenvalue weighted by atomic mass is 16.5. The number of hydrogen-bond donors (Lipinski definition) is 2. The van der Waals surface area contributed by atoms with Crippen molar-refractivity contribution in [1.29, 1.82) is 0 Å². The lowest BCUT2D eigenvalue weighted by Crippen LogP contribution is -2.23. The summed E-state index contributed by atoms with van der Waals surface area (Å²) >= 11 is 0. The summed E-state index contributed by atoms with van der Waals surface area (Å²) in [5.74, 6) is 0.201. The van der Waals surface area contributed by atoms with Crippen molar-refractivity contribution in [2.45, 2.75) is 6.54 Å². The van der Waals surface area contributed by atoms with Crippen LogP contribution in [0.1, 0.15) is 15.9 Å². The van der Waals surface area contributed by atoms with E-state index in [4.69, 9.17) is 19.9 Å². The van der Waals surface area contributed by atoms with Crippen molar-refractivity contribution in [1.82, 2.24) is 10.3 Å². The molecule has 0 bridgehead atoms. The molecule has 0 atom stereocenters. The maximum absolute atomic E-state index is 12.3. The van der Waals surface area contributed by atoms with Crippen LogP contribution in [0.3, 0.4) is 0 Å². The SMILES string of the molecule is COc1cc(CNC(=O)c2cccnc2OC)ccc1OCC(N)=O. The van der Waals surface area contributed by atoms with Gasteiger partial charge in [0, 0.05) is 12.7 Å². The largest absolute Gasteiger partial charge is 0.493 e. The average molecular weight is 345 g/mol. The van der Waals surface area contributed by atoms with Crippen molar-refractivity contribution in [3.63, 3.8) is 0 Å². The molecule has 0 saturated heterocycles. The van der Waals surface area contributed by atoms with Gasteiger partial charge in [-0.25, -0.2) is 4.98 Å². The molecule has 1 aromatic carbocycles. The summed E-state index contributed by atoms with van der Waals surface area (Å²) in [5, 5.41) is 2.78. The van der Waals surface area contributed by atoms with Crippen LogP contribution in [0.25, 0.3) is 0 Å². The molecular formula is C17H19N3O5. The highest BCUT2D eigenvalue weighted by Crippen LogP contribution is 2.28. The van der Waals surface area contributed by atoms with Gasteiger partial charge in [-0.3, -0.25) is 9.59 Å². The van der Waals surface area contributed by atoms with E-state index < -0.39 is 5.91 Å². The lowest BCUT2D eigenvalue weighted by atomic mass is 10.2. The van der Waals surface area contributed by atoms with Gasteiger partial charge in [-0.15, -0.1) is 0 Å². The number of primary amides is 1. The minimum atomic E-state index is -0.580. The molecule has 0 fully saturated rings. The van der Waals surface area contributed by atoms with E-state index in [9.17, 15) is 9.59 Å². The highest BCUT2D eigenvalue weighted by Gasteiger charge is 2.13. The molecule has 2 aromatic rings. The quantitative estimate of drug-likeness (QED) is 0.735. The summed E-state index contributed by atoms with van der Waals surface area (Å²) in [6, 6.07) is 8.39. The fourth-order valence-electron chi connectivity index (χ4n) is 2.09. The van der Waals surface area contributed by atoms with E-state index in [-0.39, 0.29) is 24.9 Å². The molecule has 0 radical (unpaired) electrons. The first-order valence-corrected chi connectivity index (χ1v) is 7.40. The maximum Gasteiger partial charge on any atom is 0.257 e. The van der Waals surface area contributed by atoms with Gasteiger partial charge in [0.25, 0.3) is 11.8 Å². The number of methoxy groups -OCH3 is 2. The van der Waals surface area contributed by atoms with Crippen molar-refractivity contribution in [3.05, 3.63) is 47.7 Å². The lowest BCUT2D eigenvalue weighted by Gasteiger charge is -2.12. The normalized spacial score (nSPS) is 10.0. The fourth-order valence-corrected chi connectivity index (χ4v) is 2.09. The van der Waals surface area contributed by atoms with Gasteiger partial charge in [-0.2, -0.15) is 0 Å². The molecule has 8 nitrogen and oxygen atoms in total. The van der Waals surface area contributed by atoms with Crippen molar-refractivity contribution in [3.8, 4) is 17.4 Å². The lowest BCUT2D eigenvalue weighted by molar-refractivity contribution is -0.119. The van der Waals surface area contributed by atoms with Crippen LogP contribution in [0.2, 0.25) is 0 Å². The molecule has 1 aromatic heterocycles. The molecule has 0 spiro atoms. The number of ether oxygens (including phenoxy) is 3.